The number of hydrogen-bond acceptors (Lipinski definition) is 2. The van der Waals surface area contributed by atoms with E-state index in [0.29, 0.717) is 22.3 Å². The predicted octanol–water partition coefficient (Wildman–Crippen LogP) is 5.82. The smallest absolute Gasteiger partial charge is 0.355 e. The predicted molar refractivity (Wildman–Crippen MR) is 97.6 cm³/mol. The van der Waals surface area contributed by atoms with Gasteiger partial charge in [0.2, 0.25) is 0 Å². The van der Waals surface area contributed by atoms with Crippen LogP contribution in [0.1, 0.15) is 52.0 Å². The van der Waals surface area contributed by atoms with Crippen LogP contribution in [-0.2, 0) is 4.74 Å². The van der Waals surface area contributed by atoms with Crippen molar-refractivity contribution in [1.82, 2.24) is 4.23 Å². The molecule has 0 bridgehead atoms. The summed E-state index contributed by atoms with van der Waals surface area (Å²) in [7, 11) is -0.548. The van der Waals surface area contributed by atoms with E-state index in [-0.39, 0.29) is 5.97 Å². The second kappa shape index (κ2) is 7.00. The molecule has 0 aromatic carbocycles. The number of hydrogen-bond donors (Lipinski definition) is 0. The minimum atomic E-state index is -1.98. The maximum Gasteiger partial charge on any atom is 0.355 e. The number of methoxy groups -OCH3 is 1. The first kappa shape index (κ1) is 19.0. The van der Waals surface area contributed by atoms with Gasteiger partial charge in [-0.15, -0.1) is 0 Å². The summed E-state index contributed by atoms with van der Waals surface area (Å²) in [5.74, 6) is -0.286. The lowest BCUT2D eigenvalue weighted by atomic mass is 10.4. The average molecular weight is 439 g/mol. The van der Waals surface area contributed by atoms with Crippen molar-refractivity contribution in [1.29, 1.82) is 0 Å². The normalized spacial score (nSPS) is 12.6. The van der Waals surface area contributed by atoms with E-state index < -0.39 is 8.24 Å². The van der Waals surface area contributed by atoms with E-state index in [0.717, 1.165) is 8.95 Å². The van der Waals surface area contributed by atoms with E-state index in [9.17, 15) is 4.79 Å². The van der Waals surface area contributed by atoms with Gasteiger partial charge in [-0.1, -0.05) is 41.5 Å². The fourth-order valence-electron chi connectivity index (χ4n) is 3.88. The largest absolute Gasteiger partial charge is 0.464 e. The molecule has 0 aliphatic heterocycles. The first-order valence-corrected chi connectivity index (χ1v) is 11.0. The van der Waals surface area contributed by atoms with Crippen molar-refractivity contribution in [3.63, 3.8) is 0 Å². The van der Waals surface area contributed by atoms with Gasteiger partial charge in [0.1, 0.15) is 5.69 Å². The summed E-state index contributed by atoms with van der Waals surface area (Å²) < 4.78 is 8.95. The van der Waals surface area contributed by atoms with Crippen molar-refractivity contribution in [2.45, 2.75) is 58.2 Å². The summed E-state index contributed by atoms with van der Waals surface area (Å²) in [5, 5.41) is 0. The zero-order chi connectivity index (χ0) is 16.5. The van der Waals surface area contributed by atoms with Gasteiger partial charge in [-0.3, -0.25) is 0 Å². The number of ether oxygens (including phenoxy) is 1. The monoisotopic (exact) mass is 437 g/mol. The van der Waals surface area contributed by atoms with Crippen LogP contribution in [0.2, 0.25) is 16.6 Å². The van der Waals surface area contributed by atoms with Crippen LogP contribution in [0.25, 0.3) is 0 Å². The average Bonchev–Trinajstić information content (AvgIpc) is 2.64. The van der Waals surface area contributed by atoms with E-state index in [1.54, 1.807) is 0 Å². The van der Waals surface area contributed by atoms with E-state index in [4.69, 9.17) is 4.74 Å². The summed E-state index contributed by atoms with van der Waals surface area (Å²) in [5.41, 5.74) is 2.15. The standard InChI is InChI=1S/C15H25Br2NO2Si/c1-9(2)21(10(3)4,11(5)6)18-8-12(16)13(17)14(18)15(19)20-7/h8-11H,1-7H3. The minimum absolute atomic E-state index is 0.286. The van der Waals surface area contributed by atoms with E-state index >= 15 is 0 Å². The maximum atomic E-state index is 12.3. The molecule has 3 nitrogen and oxygen atoms in total. The molecule has 0 N–H and O–H groups in total. The molecular formula is C15H25Br2NO2Si. The van der Waals surface area contributed by atoms with Gasteiger partial charge in [-0.05, 0) is 48.5 Å². The maximum absolute atomic E-state index is 12.3. The molecule has 0 radical (unpaired) electrons. The highest BCUT2D eigenvalue weighted by molar-refractivity contribution is 9.13. The molecule has 0 unspecified atom stereocenters. The molecule has 120 valence electrons. The molecular weight excluding hydrogens is 414 g/mol. The Bertz CT molecular complexity index is 502. The Morgan fingerprint density at radius 2 is 1.52 bits per heavy atom. The summed E-state index contributed by atoms with van der Waals surface area (Å²) in [6.45, 7) is 13.6. The topological polar surface area (TPSA) is 31.2 Å². The van der Waals surface area contributed by atoms with Crippen molar-refractivity contribution < 1.29 is 9.53 Å². The molecule has 0 saturated heterocycles. The molecule has 1 rings (SSSR count). The molecule has 1 aromatic heterocycles. The lowest BCUT2D eigenvalue weighted by molar-refractivity contribution is 0.0591. The summed E-state index contributed by atoms with van der Waals surface area (Å²) in [4.78, 5) is 12.3. The van der Waals surface area contributed by atoms with E-state index in [1.807, 2.05) is 0 Å². The first-order valence-electron chi connectivity index (χ1n) is 7.27. The van der Waals surface area contributed by atoms with E-state index in [2.05, 4.69) is 83.8 Å². The zero-order valence-electron chi connectivity index (χ0n) is 13.8. The number of carbonyl (C=O) groups is 1. The van der Waals surface area contributed by atoms with Gasteiger partial charge >= 0.3 is 5.97 Å². The molecule has 0 aliphatic carbocycles. The number of esters is 1. The Morgan fingerprint density at radius 3 is 1.86 bits per heavy atom. The van der Waals surface area contributed by atoms with Crippen LogP contribution in [0.3, 0.4) is 0 Å². The highest BCUT2D eigenvalue weighted by atomic mass is 79.9. The summed E-state index contributed by atoms with van der Waals surface area (Å²) in [6.07, 6.45) is 2.06. The number of carbonyl (C=O) groups excluding carboxylic acids is 1. The number of halogens is 2. The van der Waals surface area contributed by atoms with Crippen LogP contribution < -0.4 is 0 Å². The third-order valence-corrected chi connectivity index (χ3v) is 13.1. The van der Waals surface area contributed by atoms with Crippen LogP contribution in [0, 0.1) is 0 Å². The minimum Gasteiger partial charge on any atom is -0.464 e. The fourth-order valence-corrected chi connectivity index (χ4v) is 11.7. The Balaban J connectivity index is 3.75. The van der Waals surface area contributed by atoms with Crippen LogP contribution in [0.15, 0.2) is 15.1 Å². The van der Waals surface area contributed by atoms with Crippen molar-refractivity contribution in [2.75, 3.05) is 7.11 Å². The molecule has 0 atom stereocenters. The second-order valence-corrected chi connectivity index (χ2v) is 13.7. The quantitative estimate of drug-likeness (QED) is 0.428. The van der Waals surface area contributed by atoms with Crippen LogP contribution in [-0.4, -0.2) is 25.5 Å². The summed E-state index contributed by atoms with van der Waals surface area (Å²) in [6, 6.07) is 0. The Kier molecular flexibility index (Phi) is 6.33. The molecule has 21 heavy (non-hydrogen) atoms. The van der Waals surface area contributed by atoms with Gasteiger partial charge in [0, 0.05) is 10.7 Å². The molecule has 1 heterocycles. The molecule has 1 aromatic rings. The van der Waals surface area contributed by atoms with Crippen molar-refractivity contribution in [3.8, 4) is 0 Å². The first-order chi connectivity index (χ1) is 9.62. The molecule has 0 aliphatic rings. The van der Waals surface area contributed by atoms with Gasteiger partial charge in [0.15, 0.2) is 8.24 Å². The molecule has 0 saturated carbocycles. The fraction of sp³-hybridized carbons (Fsp3) is 0.667. The number of rotatable bonds is 5. The number of aromatic nitrogens is 1. The third-order valence-electron chi connectivity index (χ3n) is 4.47. The number of nitrogens with zero attached hydrogens (tertiary/aromatic N) is 1. The lowest BCUT2D eigenvalue weighted by Crippen LogP contribution is -2.52. The molecule has 0 fully saturated rings. The van der Waals surface area contributed by atoms with Crippen LogP contribution >= 0.6 is 31.9 Å². The summed E-state index contributed by atoms with van der Waals surface area (Å²) >= 11 is 7.09. The van der Waals surface area contributed by atoms with Crippen molar-refractivity contribution >= 4 is 46.1 Å². The molecule has 6 heteroatoms. The molecule has 0 spiro atoms. The van der Waals surface area contributed by atoms with Crippen molar-refractivity contribution in [3.05, 3.63) is 20.8 Å². The SMILES string of the molecule is COC(=O)c1c(Br)c(Br)cn1[Si](C(C)C)(C(C)C)C(C)C. The Hall–Kier alpha value is -0.0731. The van der Waals surface area contributed by atoms with Crippen molar-refractivity contribution in [2.24, 2.45) is 0 Å². The zero-order valence-corrected chi connectivity index (χ0v) is 18.0. The highest BCUT2D eigenvalue weighted by Gasteiger charge is 2.47. The van der Waals surface area contributed by atoms with Crippen LogP contribution in [0.4, 0.5) is 0 Å². The van der Waals surface area contributed by atoms with E-state index in [1.165, 1.54) is 7.11 Å². The third kappa shape index (κ3) is 3.04. The molecule has 0 amide bonds. The van der Waals surface area contributed by atoms with Gasteiger partial charge < -0.3 is 8.97 Å². The van der Waals surface area contributed by atoms with Gasteiger partial charge in [-0.25, -0.2) is 4.79 Å². The second-order valence-electron chi connectivity index (χ2n) is 6.35. The Morgan fingerprint density at radius 1 is 1.10 bits per heavy atom. The van der Waals surface area contributed by atoms with Gasteiger partial charge in [0.25, 0.3) is 0 Å². The van der Waals surface area contributed by atoms with Gasteiger partial charge in [-0.2, -0.15) is 0 Å². The van der Waals surface area contributed by atoms with Crippen LogP contribution in [0.5, 0.6) is 0 Å². The highest BCUT2D eigenvalue weighted by Crippen LogP contribution is 2.45. The van der Waals surface area contributed by atoms with Gasteiger partial charge in [0.05, 0.1) is 11.6 Å². The Labute approximate surface area is 145 Å². The lowest BCUT2D eigenvalue weighted by Gasteiger charge is -2.44.